The highest BCUT2D eigenvalue weighted by atomic mass is 14.1. The first-order chi connectivity index (χ1) is 4.12. The number of hydrogen-bond donors (Lipinski definition) is 0. The second-order valence-corrected chi connectivity index (χ2v) is 2.89. The van der Waals surface area contributed by atoms with Gasteiger partial charge < -0.3 is 0 Å². The van der Waals surface area contributed by atoms with Crippen molar-refractivity contribution in [1.82, 2.24) is 0 Å². The van der Waals surface area contributed by atoms with Gasteiger partial charge in [-0.15, -0.1) is 5.92 Å². The predicted octanol–water partition coefficient (Wildman–Crippen LogP) is 2.84. The minimum Gasteiger partial charge on any atom is -0.103 e. The van der Waals surface area contributed by atoms with E-state index in [0.717, 1.165) is 12.8 Å². The van der Waals surface area contributed by atoms with Gasteiger partial charge in [0, 0.05) is 11.8 Å². The number of rotatable bonds is 1. The van der Waals surface area contributed by atoms with E-state index in [1.54, 1.807) is 0 Å². The molecule has 9 heavy (non-hydrogen) atoms. The fraction of sp³-hybridized carbons (Fsp3) is 0.778. The highest BCUT2D eigenvalue weighted by Gasteiger charge is 2.08. The molecule has 52 valence electrons. The molecule has 0 aromatic heterocycles. The van der Waals surface area contributed by atoms with Crippen LogP contribution in [0.25, 0.3) is 0 Å². The molecule has 0 unspecified atom stereocenters. The van der Waals surface area contributed by atoms with Crippen molar-refractivity contribution < 1.29 is 0 Å². The average Bonchev–Trinajstić information content (AvgIpc) is 1.84. The molecular formula is C9H16. The van der Waals surface area contributed by atoms with Crippen molar-refractivity contribution in [2.75, 3.05) is 0 Å². The molecule has 0 saturated carbocycles. The highest BCUT2D eigenvalue weighted by molar-refractivity contribution is 5.07. The van der Waals surface area contributed by atoms with Gasteiger partial charge in [-0.1, -0.05) is 19.8 Å². The fourth-order valence-electron chi connectivity index (χ4n) is 0.416. The van der Waals surface area contributed by atoms with Crippen molar-refractivity contribution in [3.05, 3.63) is 0 Å². The second-order valence-electron chi connectivity index (χ2n) is 2.89. The van der Waals surface area contributed by atoms with Crippen LogP contribution in [-0.2, 0) is 0 Å². The Labute approximate surface area is 58.7 Å². The molecule has 0 aliphatic heterocycles. The van der Waals surface area contributed by atoms with E-state index in [-0.39, 0.29) is 5.41 Å². The quantitative estimate of drug-likeness (QED) is 0.471. The van der Waals surface area contributed by atoms with Gasteiger partial charge in [0.15, 0.2) is 0 Å². The lowest BCUT2D eigenvalue weighted by atomic mass is 9.91. The largest absolute Gasteiger partial charge is 0.103 e. The standard InChI is InChI=1S/C9H16/c1-5-7-8-9(3,4)6-2/h5-6H2,1-4H3. The van der Waals surface area contributed by atoms with Gasteiger partial charge in [0.25, 0.3) is 0 Å². The number of hydrogen-bond acceptors (Lipinski definition) is 0. The summed E-state index contributed by atoms with van der Waals surface area (Å²) in [5.74, 6) is 6.30. The first-order valence-electron chi connectivity index (χ1n) is 3.62. The Morgan fingerprint density at radius 2 is 1.78 bits per heavy atom. The van der Waals surface area contributed by atoms with Crippen LogP contribution < -0.4 is 0 Å². The lowest BCUT2D eigenvalue weighted by Gasteiger charge is -2.12. The van der Waals surface area contributed by atoms with Gasteiger partial charge in [-0.25, -0.2) is 0 Å². The van der Waals surface area contributed by atoms with Crippen molar-refractivity contribution >= 4 is 0 Å². The maximum atomic E-state index is 3.21. The second kappa shape index (κ2) is 3.56. The molecule has 0 heterocycles. The Morgan fingerprint density at radius 3 is 2.11 bits per heavy atom. The Hall–Kier alpha value is -0.440. The molecule has 0 aliphatic carbocycles. The Bertz CT molecular complexity index is 121. The van der Waals surface area contributed by atoms with E-state index in [9.17, 15) is 0 Å². The Balaban J connectivity index is 3.84. The van der Waals surface area contributed by atoms with Gasteiger partial charge >= 0.3 is 0 Å². The molecule has 0 spiro atoms. The first-order valence-corrected chi connectivity index (χ1v) is 3.62. The summed E-state index contributed by atoms with van der Waals surface area (Å²) in [5, 5.41) is 0. The smallest absolute Gasteiger partial charge is 0.0255 e. The fourth-order valence-corrected chi connectivity index (χ4v) is 0.416. The van der Waals surface area contributed by atoms with E-state index >= 15 is 0 Å². The molecule has 0 aliphatic rings. The Kier molecular flexibility index (Phi) is 3.39. The third-order valence-corrected chi connectivity index (χ3v) is 1.49. The third kappa shape index (κ3) is 4.09. The minimum absolute atomic E-state index is 0.232. The van der Waals surface area contributed by atoms with Gasteiger partial charge in [-0.3, -0.25) is 0 Å². The summed E-state index contributed by atoms with van der Waals surface area (Å²) in [6.45, 7) is 8.61. The summed E-state index contributed by atoms with van der Waals surface area (Å²) in [6, 6.07) is 0. The van der Waals surface area contributed by atoms with Crippen LogP contribution in [0.15, 0.2) is 0 Å². The summed E-state index contributed by atoms with van der Waals surface area (Å²) >= 11 is 0. The lowest BCUT2D eigenvalue weighted by molar-refractivity contribution is 0.484. The van der Waals surface area contributed by atoms with E-state index in [4.69, 9.17) is 0 Å². The van der Waals surface area contributed by atoms with Gasteiger partial charge in [-0.05, 0) is 20.3 Å². The molecule has 0 radical (unpaired) electrons. The van der Waals surface area contributed by atoms with Crippen molar-refractivity contribution in [2.24, 2.45) is 5.41 Å². The molecule has 0 atom stereocenters. The SMILES string of the molecule is CCC#CC(C)(C)CC. The van der Waals surface area contributed by atoms with Crippen molar-refractivity contribution in [1.29, 1.82) is 0 Å². The van der Waals surface area contributed by atoms with Crippen LogP contribution in [0.3, 0.4) is 0 Å². The van der Waals surface area contributed by atoms with E-state index in [0.29, 0.717) is 0 Å². The summed E-state index contributed by atoms with van der Waals surface area (Å²) in [5.41, 5.74) is 0.232. The zero-order chi connectivity index (χ0) is 7.33. The molecule has 0 N–H and O–H groups in total. The molecule has 0 saturated heterocycles. The summed E-state index contributed by atoms with van der Waals surface area (Å²) < 4.78 is 0. The minimum atomic E-state index is 0.232. The van der Waals surface area contributed by atoms with Gasteiger partial charge in [0.1, 0.15) is 0 Å². The zero-order valence-electron chi connectivity index (χ0n) is 6.91. The van der Waals surface area contributed by atoms with Crippen LogP contribution in [-0.4, -0.2) is 0 Å². The van der Waals surface area contributed by atoms with Gasteiger partial charge in [0.05, 0.1) is 0 Å². The molecule has 0 nitrogen and oxygen atoms in total. The normalized spacial score (nSPS) is 10.2. The first kappa shape index (κ1) is 8.56. The van der Waals surface area contributed by atoms with Crippen molar-refractivity contribution in [3.8, 4) is 11.8 Å². The summed E-state index contributed by atoms with van der Waals surface area (Å²) in [4.78, 5) is 0. The molecule has 0 fully saturated rings. The molecular weight excluding hydrogens is 108 g/mol. The van der Waals surface area contributed by atoms with Crippen LogP contribution in [0.2, 0.25) is 0 Å². The highest BCUT2D eigenvalue weighted by Crippen LogP contribution is 2.17. The van der Waals surface area contributed by atoms with Crippen LogP contribution in [0.1, 0.15) is 40.5 Å². The summed E-state index contributed by atoms with van der Waals surface area (Å²) in [6.07, 6.45) is 2.11. The average molecular weight is 124 g/mol. The molecule has 0 rings (SSSR count). The predicted molar refractivity (Wildman–Crippen MR) is 42.1 cm³/mol. The maximum Gasteiger partial charge on any atom is 0.0255 e. The van der Waals surface area contributed by atoms with Crippen molar-refractivity contribution in [3.63, 3.8) is 0 Å². The van der Waals surface area contributed by atoms with Gasteiger partial charge in [-0.2, -0.15) is 0 Å². The van der Waals surface area contributed by atoms with Gasteiger partial charge in [0.2, 0.25) is 0 Å². The van der Waals surface area contributed by atoms with Crippen molar-refractivity contribution in [2.45, 2.75) is 40.5 Å². The molecule has 0 amide bonds. The van der Waals surface area contributed by atoms with E-state index in [1.807, 2.05) is 0 Å². The van der Waals surface area contributed by atoms with Crippen LogP contribution >= 0.6 is 0 Å². The van der Waals surface area contributed by atoms with E-state index in [2.05, 4.69) is 39.5 Å². The maximum absolute atomic E-state index is 3.21. The van der Waals surface area contributed by atoms with Crippen LogP contribution in [0.5, 0.6) is 0 Å². The monoisotopic (exact) mass is 124 g/mol. The molecule has 0 aromatic carbocycles. The Morgan fingerprint density at radius 1 is 1.22 bits per heavy atom. The zero-order valence-corrected chi connectivity index (χ0v) is 6.91. The summed E-state index contributed by atoms with van der Waals surface area (Å²) in [7, 11) is 0. The lowest BCUT2D eigenvalue weighted by Crippen LogP contribution is -2.04. The van der Waals surface area contributed by atoms with E-state index in [1.165, 1.54) is 0 Å². The van der Waals surface area contributed by atoms with Crippen LogP contribution in [0, 0.1) is 17.3 Å². The van der Waals surface area contributed by atoms with Crippen LogP contribution in [0.4, 0.5) is 0 Å². The topological polar surface area (TPSA) is 0 Å². The molecule has 0 aromatic rings. The van der Waals surface area contributed by atoms with E-state index < -0.39 is 0 Å². The molecule has 0 heteroatoms. The third-order valence-electron chi connectivity index (χ3n) is 1.49. The molecule has 0 bridgehead atoms.